The lowest BCUT2D eigenvalue weighted by Crippen LogP contribution is -2.39. The van der Waals surface area contributed by atoms with Crippen LogP contribution in [0.3, 0.4) is 0 Å². The van der Waals surface area contributed by atoms with E-state index >= 15 is 0 Å². The maximum Gasteiger partial charge on any atom is 0.241 e. The van der Waals surface area contributed by atoms with E-state index in [4.69, 9.17) is 9.94 Å². The number of hydrogen-bond donors (Lipinski definition) is 2. The van der Waals surface area contributed by atoms with Crippen molar-refractivity contribution in [3.63, 3.8) is 0 Å². The SMILES string of the molecule is C/C(=N\O)c1ccc(S(=O)(=O)c2ccc(C)c(S(=O)(=O)NC3CCOCC3)c2)cc1. The zero-order chi connectivity index (χ0) is 21.9. The fraction of sp³-hybridized carbons (Fsp3) is 0.350. The summed E-state index contributed by atoms with van der Waals surface area (Å²) in [6, 6.07) is 9.69. The summed E-state index contributed by atoms with van der Waals surface area (Å²) in [6.45, 7) is 4.18. The van der Waals surface area contributed by atoms with Crippen LogP contribution in [0.2, 0.25) is 0 Å². The molecule has 10 heteroatoms. The van der Waals surface area contributed by atoms with Crippen molar-refractivity contribution in [3.8, 4) is 0 Å². The Morgan fingerprint density at radius 2 is 1.63 bits per heavy atom. The number of ether oxygens (including phenoxy) is 1. The minimum atomic E-state index is -3.94. The second-order valence-electron chi connectivity index (χ2n) is 7.15. The van der Waals surface area contributed by atoms with Gasteiger partial charge in [-0.2, -0.15) is 0 Å². The molecule has 162 valence electrons. The molecule has 2 aromatic rings. The minimum Gasteiger partial charge on any atom is -0.411 e. The quantitative estimate of drug-likeness (QED) is 0.394. The van der Waals surface area contributed by atoms with Crippen molar-refractivity contribution in [1.29, 1.82) is 0 Å². The van der Waals surface area contributed by atoms with Gasteiger partial charge in [-0.3, -0.25) is 0 Å². The van der Waals surface area contributed by atoms with Gasteiger partial charge in [0.15, 0.2) is 0 Å². The lowest BCUT2D eigenvalue weighted by Gasteiger charge is -2.23. The van der Waals surface area contributed by atoms with Crippen molar-refractivity contribution in [2.75, 3.05) is 13.2 Å². The molecule has 0 aromatic heterocycles. The highest BCUT2D eigenvalue weighted by Gasteiger charge is 2.26. The predicted molar refractivity (Wildman–Crippen MR) is 111 cm³/mol. The molecule has 1 aliphatic heterocycles. The monoisotopic (exact) mass is 452 g/mol. The fourth-order valence-corrected chi connectivity index (χ4v) is 6.14. The molecular formula is C20H24N2O6S2. The first-order valence-electron chi connectivity index (χ1n) is 9.40. The van der Waals surface area contributed by atoms with Crippen LogP contribution >= 0.6 is 0 Å². The van der Waals surface area contributed by atoms with Gasteiger partial charge in [-0.15, -0.1) is 0 Å². The molecule has 0 aliphatic carbocycles. The van der Waals surface area contributed by atoms with Crippen LogP contribution in [0.15, 0.2) is 62.3 Å². The van der Waals surface area contributed by atoms with Gasteiger partial charge in [0.2, 0.25) is 19.9 Å². The van der Waals surface area contributed by atoms with Crippen molar-refractivity contribution in [2.24, 2.45) is 5.16 Å². The second-order valence-corrected chi connectivity index (χ2v) is 10.8. The molecule has 1 fully saturated rings. The van der Waals surface area contributed by atoms with Gasteiger partial charge in [0.1, 0.15) is 0 Å². The normalized spacial score (nSPS) is 16.5. The van der Waals surface area contributed by atoms with Gasteiger partial charge in [0, 0.05) is 19.3 Å². The third-order valence-electron chi connectivity index (χ3n) is 5.03. The van der Waals surface area contributed by atoms with E-state index in [1.165, 1.54) is 42.5 Å². The van der Waals surface area contributed by atoms with Crippen molar-refractivity contribution < 1.29 is 26.8 Å². The average molecular weight is 453 g/mol. The molecule has 0 bridgehead atoms. The van der Waals surface area contributed by atoms with Gasteiger partial charge in [-0.25, -0.2) is 21.6 Å². The van der Waals surface area contributed by atoms with Crippen molar-refractivity contribution >= 4 is 25.6 Å². The average Bonchev–Trinajstić information content (AvgIpc) is 2.73. The maximum absolute atomic E-state index is 13.1. The van der Waals surface area contributed by atoms with Gasteiger partial charge in [-0.05, 0) is 62.1 Å². The number of aryl methyl sites for hydroxylation is 1. The number of benzene rings is 2. The van der Waals surface area contributed by atoms with Crippen LogP contribution in [-0.4, -0.2) is 47.0 Å². The lowest BCUT2D eigenvalue weighted by molar-refractivity contribution is 0.0832. The highest BCUT2D eigenvalue weighted by atomic mass is 32.2. The summed E-state index contributed by atoms with van der Waals surface area (Å²) in [7, 11) is -7.83. The smallest absolute Gasteiger partial charge is 0.241 e. The van der Waals surface area contributed by atoms with Gasteiger partial charge in [0.25, 0.3) is 0 Å². The molecule has 3 rings (SSSR count). The van der Waals surface area contributed by atoms with E-state index in [1.807, 2.05) is 0 Å². The number of sulfone groups is 1. The van der Waals surface area contributed by atoms with Crippen molar-refractivity contribution in [3.05, 3.63) is 53.6 Å². The number of nitrogens with one attached hydrogen (secondary N) is 1. The molecule has 0 amide bonds. The van der Waals surface area contributed by atoms with E-state index in [0.29, 0.717) is 42.9 Å². The third-order valence-corrected chi connectivity index (χ3v) is 8.46. The zero-order valence-corrected chi connectivity index (χ0v) is 18.3. The van der Waals surface area contributed by atoms with E-state index in [9.17, 15) is 16.8 Å². The minimum absolute atomic E-state index is 0.0154. The molecule has 2 N–H and O–H groups in total. The third kappa shape index (κ3) is 4.72. The maximum atomic E-state index is 13.1. The highest BCUT2D eigenvalue weighted by Crippen LogP contribution is 2.26. The summed E-state index contributed by atoms with van der Waals surface area (Å²) < 4.78 is 59.8. The number of oxime groups is 1. The molecule has 30 heavy (non-hydrogen) atoms. The predicted octanol–water partition coefficient (Wildman–Crippen LogP) is 2.48. The first-order chi connectivity index (χ1) is 14.1. The largest absolute Gasteiger partial charge is 0.411 e. The van der Waals surface area contributed by atoms with Gasteiger partial charge in [0.05, 0.1) is 20.4 Å². The van der Waals surface area contributed by atoms with Crippen molar-refractivity contribution in [2.45, 2.75) is 47.4 Å². The molecule has 0 unspecified atom stereocenters. The van der Waals surface area contributed by atoms with Crippen LogP contribution < -0.4 is 4.72 Å². The Bertz CT molecular complexity index is 1150. The molecule has 8 nitrogen and oxygen atoms in total. The van der Waals surface area contributed by atoms with Crippen LogP contribution in [0.5, 0.6) is 0 Å². The molecular weight excluding hydrogens is 428 g/mol. The summed E-state index contributed by atoms with van der Waals surface area (Å²) in [5, 5.41) is 11.9. The van der Waals surface area contributed by atoms with Gasteiger partial charge in [-0.1, -0.05) is 23.4 Å². The number of rotatable bonds is 6. The Morgan fingerprint density at radius 3 is 2.23 bits per heavy atom. The molecule has 0 saturated carbocycles. The molecule has 0 spiro atoms. The lowest BCUT2D eigenvalue weighted by atomic mass is 10.1. The second kappa shape index (κ2) is 8.84. The first-order valence-corrected chi connectivity index (χ1v) is 12.4. The summed E-state index contributed by atoms with van der Waals surface area (Å²) in [5.74, 6) is 0. The van der Waals surface area contributed by atoms with E-state index in [-0.39, 0.29) is 20.7 Å². The van der Waals surface area contributed by atoms with Crippen LogP contribution in [-0.2, 0) is 24.6 Å². The van der Waals surface area contributed by atoms with E-state index in [0.717, 1.165) is 0 Å². The van der Waals surface area contributed by atoms with E-state index in [1.54, 1.807) is 13.8 Å². The summed E-state index contributed by atoms with van der Waals surface area (Å²) in [4.78, 5) is -0.155. The highest BCUT2D eigenvalue weighted by molar-refractivity contribution is 7.91. The Balaban J connectivity index is 1.95. The Morgan fingerprint density at radius 1 is 1.03 bits per heavy atom. The Labute approximate surface area is 176 Å². The Hall–Kier alpha value is -2.27. The van der Waals surface area contributed by atoms with Crippen LogP contribution in [0, 0.1) is 6.92 Å². The van der Waals surface area contributed by atoms with E-state index in [2.05, 4.69) is 9.88 Å². The molecule has 1 saturated heterocycles. The van der Waals surface area contributed by atoms with Crippen LogP contribution in [0.1, 0.15) is 30.9 Å². The fourth-order valence-electron chi connectivity index (χ4n) is 3.20. The molecule has 1 heterocycles. The summed E-state index contributed by atoms with van der Waals surface area (Å²) >= 11 is 0. The first kappa shape index (κ1) is 22.4. The zero-order valence-electron chi connectivity index (χ0n) is 16.7. The Kier molecular flexibility index (Phi) is 6.61. The number of hydrogen-bond acceptors (Lipinski definition) is 7. The molecule has 0 atom stereocenters. The van der Waals surface area contributed by atoms with Gasteiger partial charge < -0.3 is 9.94 Å². The standard InChI is InChI=1S/C20H24N2O6S2/c1-14-3-6-19(13-20(14)30(26,27)22-17-9-11-28-12-10-17)29(24,25)18-7-4-16(5-8-18)15(2)21-23/h3-8,13,17,22-23H,9-12H2,1-2H3/b21-15+. The number of sulfonamides is 1. The number of nitrogens with zero attached hydrogens (tertiary/aromatic N) is 1. The molecule has 0 radical (unpaired) electrons. The van der Waals surface area contributed by atoms with Crippen molar-refractivity contribution in [1.82, 2.24) is 4.72 Å². The molecule has 2 aromatic carbocycles. The summed E-state index contributed by atoms with van der Waals surface area (Å²) in [5.41, 5.74) is 1.38. The van der Waals surface area contributed by atoms with E-state index < -0.39 is 19.9 Å². The summed E-state index contributed by atoms with van der Waals surface area (Å²) in [6.07, 6.45) is 1.14. The molecule has 1 aliphatic rings. The van der Waals surface area contributed by atoms with Crippen LogP contribution in [0.4, 0.5) is 0 Å². The topological polar surface area (TPSA) is 122 Å². The van der Waals surface area contributed by atoms with Gasteiger partial charge >= 0.3 is 0 Å². The van der Waals surface area contributed by atoms with Crippen LogP contribution in [0.25, 0.3) is 0 Å².